The van der Waals surface area contributed by atoms with Crippen LogP contribution >= 0.6 is 11.6 Å². The Balaban J connectivity index is 1.67. The summed E-state index contributed by atoms with van der Waals surface area (Å²) in [6, 6.07) is 11.0. The molecule has 0 saturated carbocycles. The normalized spacial score (nSPS) is 10.7. The van der Waals surface area contributed by atoms with Crippen LogP contribution in [0.3, 0.4) is 0 Å². The van der Waals surface area contributed by atoms with Gasteiger partial charge in [-0.2, -0.15) is 0 Å². The SMILES string of the molecule is O=C(CCc1cc(-c2ccc(F)cc2)no1)c1cccnc1Cl. The molecule has 0 aliphatic carbocycles. The summed E-state index contributed by atoms with van der Waals surface area (Å²) in [5, 5.41) is 4.13. The average Bonchev–Trinajstić information content (AvgIpc) is 3.03. The molecular formula is C17H12ClFN2O2. The van der Waals surface area contributed by atoms with E-state index in [4.69, 9.17) is 16.1 Å². The van der Waals surface area contributed by atoms with Crippen LogP contribution in [0.4, 0.5) is 4.39 Å². The first-order chi connectivity index (χ1) is 11.1. The lowest BCUT2D eigenvalue weighted by atomic mass is 10.1. The van der Waals surface area contributed by atoms with Crippen molar-refractivity contribution in [2.24, 2.45) is 0 Å². The molecule has 0 radical (unpaired) electrons. The third kappa shape index (κ3) is 3.63. The lowest BCUT2D eigenvalue weighted by Gasteiger charge is -2.00. The Morgan fingerprint density at radius 1 is 1.22 bits per heavy atom. The maximum Gasteiger partial charge on any atom is 0.166 e. The van der Waals surface area contributed by atoms with Crippen molar-refractivity contribution in [1.82, 2.24) is 10.1 Å². The monoisotopic (exact) mass is 330 g/mol. The molecule has 0 unspecified atom stereocenters. The molecule has 23 heavy (non-hydrogen) atoms. The first kappa shape index (κ1) is 15.4. The number of carbonyl (C=O) groups excluding carboxylic acids is 1. The van der Waals surface area contributed by atoms with E-state index in [0.29, 0.717) is 23.4 Å². The minimum absolute atomic E-state index is 0.108. The summed E-state index contributed by atoms with van der Waals surface area (Å²) >= 11 is 5.90. The summed E-state index contributed by atoms with van der Waals surface area (Å²) in [4.78, 5) is 16.0. The first-order valence-corrected chi connectivity index (χ1v) is 7.36. The van der Waals surface area contributed by atoms with Crippen LogP contribution in [0.1, 0.15) is 22.5 Å². The number of hydrogen-bond donors (Lipinski definition) is 0. The Hall–Kier alpha value is -2.53. The van der Waals surface area contributed by atoms with Crippen molar-refractivity contribution in [3.8, 4) is 11.3 Å². The largest absolute Gasteiger partial charge is 0.361 e. The molecule has 0 aliphatic rings. The second kappa shape index (κ2) is 6.71. The van der Waals surface area contributed by atoms with E-state index in [2.05, 4.69) is 10.1 Å². The number of ketones is 1. The van der Waals surface area contributed by atoms with E-state index >= 15 is 0 Å². The van der Waals surface area contributed by atoms with Crippen LogP contribution in [0.2, 0.25) is 5.15 Å². The molecule has 0 atom stereocenters. The molecule has 0 bridgehead atoms. The molecule has 0 spiro atoms. The second-order valence-corrected chi connectivity index (χ2v) is 5.31. The Morgan fingerprint density at radius 3 is 2.74 bits per heavy atom. The highest BCUT2D eigenvalue weighted by Crippen LogP contribution is 2.21. The van der Waals surface area contributed by atoms with E-state index in [1.165, 1.54) is 18.3 Å². The summed E-state index contributed by atoms with van der Waals surface area (Å²) in [6.45, 7) is 0. The van der Waals surface area contributed by atoms with Gasteiger partial charge < -0.3 is 4.52 Å². The molecule has 3 aromatic rings. The minimum Gasteiger partial charge on any atom is -0.361 e. The molecule has 0 fully saturated rings. The number of aromatic nitrogens is 2. The van der Waals surface area contributed by atoms with Crippen molar-refractivity contribution >= 4 is 17.4 Å². The molecular weight excluding hydrogens is 319 g/mol. The quantitative estimate of drug-likeness (QED) is 0.515. The van der Waals surface area contributed by atoms with Crippen molar-refractivity contribution < 1.29 is 13.7 Å². The third-order valence-corrected chi connectivity index (χ3v) is 3.66. The molecule has 4 nitrogen and oxygen atoms in total. The number of benzene rings is 1. The lowest BCUT2D eigenvalue weighted by molar-refractivity contribution is 0.0980. The Morgan fingerprint density at radius 2 is 2.00 bits per heavy atom. The van der Waals surface area contributed by atoms with Crippen molar-refractivity contribution in [3.63, 3.8) is 0 Å². The number of pyridine rings is 1. The van der Waals surface area contributed by atoms with Crippen LogP contribution in [0.25, 0.3) is 11.3 Å². The molecule has 0 aliphatic heterocycles. The van der Waals surface area contributed by atoms with Crippen molar-refractivity contribution in [1.29, 1.82) is 0 Å². The highest BCUT2D eigenvalue weighted by molar-refractivity contribution is 6.32. The van der Waals surface area contributed by atoms with Gasteiger partial charge in [-0.1, -0.05) is 16.8 Å². The van der Waals surface area contributed by atoms with Crippen molar-refractivity contribution in [2.75, 3.05) is 0 Å². The van der Waals surface area contributed by atoms with Crippen molar-refractivity contribution in [2.45, 2.75) is 12.8 Å². The van der Waals surface area contributed by atoms with Crippen LogP contribution in [0.15, 0.2) is 53.2 Å². The molecule has 0 amide bonds. The van der Waals surface area contributed by atoms with E-state index in [1.807, 2.05) is 0 Å². The number of aryl methyl sites for hydroxylation is 1. The average molecular weight is 331 g/mol. The number of carbonyl (C=O) groups is 1. The molecule has 116 valence electrons. The predicted octanol–water partition coefficient (Wildman–Crippen LogP) is 4.34. The molecule has 3 rings (SSSR count). The summed E-state index contributed by atoms with van der Waals surface area (Å²) < 4.78 is 18.1. The van der Waals surface area contributed by atoms with Gasteiger partial charge in [0.15, 0.2) is 5.78 Å². The molecule has 2 heterocycles. The van der Waals surface area contributed by atoms with E-state index in [9.17, 15) is 9.18 Å². The molecule has 6 heteroatoms. The van der Waals surface area contributed by atoms with Gasteiger partial charge in [-0.15, -0.1) is 0 Å². The Bertz CT molecular complexity index is 831. The van der Waals surface area contributed by atoms with Gasteiger partial charge in [0.2, 0.25) is 0 Å². The molecule has 0 N–H and O–H groups in total. The zero-order valence-corrected chi connectivity index (χ0v) is 12.8. The van der Waals surface area contributed by atoms with Gasteiger partial charge in [0.05, 0.1) is 5.56 Å². The summed E-state index contributed by atoms with van der Waals surface area (Å²) in [7, 11) is 0. The predicted molar refractivity (Wildman–Crippen MR) is 83.8 cm³/mol. The minimum atomic E-state index is -0.309. The Kier molecular flexibility index (Phi) is 4.48. The standard InChI is InChI=1S/C17H12ClFN2O2/c18-17-14(2-1-9-20-17)16(22)8-7-13-10-15(21-23-13)11-3-5-12(19)6-4-11/h1-6,9-10H,7-8H2. The Labute approximate surface area is 136 Å². The summed E-state index contributed by atoms with van der Waals surface area (Å²) in [5.74, 6) is 0.164. The second-order valence-electron chi connectivity index (χ2n) is 4.95. The van der Waals surface area contributed by atoms with Crippen LogP contribution in [0, 0.1) is 5.82 Å². The van der Waals surface area contributed by atoms with Crippen LogP contribution in [-0.2, 0) is 6.42 Å². The smallest absolute Gasteiger partial charge is 0.166 e. The van der Waals surface area contributed by atoms with Gasteiger partial charge in [-0.25, -0.2) is 9.37 Å². The first-order valence-electron chi connectivity index (χ1n) is 6.99. The van der Waals surface area contributed by atoms with Crippen LogP contribution in [-0.4, -0.2) is 15.9 Å². The lowest BCUT2D eigenvalue weighted by Crippen LogP contribution is -2.02. The van der Waals surface area contributed by atoms with Gasteiger partial charge in [-0.3, -0.25) is 4.79 Å². The van der Waals surface area contributed by atoms with Gasteiger partial charge in [0.1, 0.15) is 22.4 Å². The van der Waals surface area contributed by atoms with E-state index < -0.39 is 0 Å². The third-order valence-electron chi connectivity index (χ3n) is 3.36. The number of hydrogen-bond acceptors (Lipinski definition) is 4. The number of Topliss-reactive ketones (excluding diaryl/α,β-unsaturated/α-hetero) is 1. The molecule has 0 saturated heterocycles. The zero-order chi connectivity index (χ0) is 16.2. The fourth-order valence-electron chi connectivity index (χ4n) is 2.15. The van der Waals surface area contributed by atoms with Gasteiger partial charge in [0.25, 0.3) is 0 Å². The van der Waals surface area contributed by atoms with Gasteiger partial charge >= 0.3 is 0 Å². The number of rotatable bonds is 5. The van der Waals surface area contributed by atoms with Gasteiger partial charge in [0, 0.05) is 30.7 Å². The zero-order valence-electron chi connectivity index (χ0n) is 12.0. The highest BCUT2D eigenvalue weighted by atomic mass is 35.5. The fourth-order valence-corrected chi connectivity index (χ4v) is 2.38. The maximum atomic E-state index is 12.9. The highest BCUT2D eigenvalue weighted by Gasteiger charge is 2.13. The number of halogens is 2. The fraction of sp³-hybridized carbons (Fsp3) is 0.118. The van der Waals surface area contributed by atoms with Gasteiger partial charge in [-0.05, 0) is 36.4 Å². The van der Waals surface area contributed by atoms with E-state index in [0.717, 1.165) is 5.56 Å². The van der Waals surface area contributed by atoms with Crippen molar-refractivity contribution in [3.05, 3.63) is 71.0 Å². The summed E-state index contributed by atoms with van der Waals surface area (Å²) in [5.41, 5.74) is 1.75. The van der Waals surface area contributed by atoms with E-state index in [1.54, 1.807) is 30.3 Å². The van der Waals surface area contributed by atoms with Crippen LogP contribution < -0.4 is 0 Å². The van der Waals surface area contributed by atoms with Crippen LogP contribution in [0.5, 0.6) is 0 Å². The molecule has 2 aromatic heterocycles. The number of nitrogens with zero attached hydrogens (tertiary/aromatic N) is 2. The van der Waals surface area contributed by atoms with E-state index in [-0.39, 0.29) is 23.2 Å². The topological polar surface area (TPSA) is 56.0 Å². The maximum absolute atomic E-state index is 12.9. The summed E-state index contributed by atoms with van der Waals surface area (Å²) in [6.07, 6.45) is 2.17. The molecule has 1 aromatic carbocycles.